The largest absolute Gasteiger partial charge is 0.465 e. The first kappa shape index (κ1) is 36.6. The minimum Gasteiger partial charge on any atom is -0.465 e. The van der Waals surface area contributed by atoms with E-state index in [0.29, 0.717) is 13.1 Å². The number of imidazole rings is 2. The van der Waals surface area contributed by atoms with Crippen molar-refractivity contribution >= 4 is 23.1 Å². The van der Waals surface area contributed by atoms with Crippen molar-refractivity contribution in [3.05, 3.63) is 102 Å². The van der Waals surface area contributed by atoms with Gasteiger partial charge in [-0.05, 0) is 97.6 Å². The maximum absolute atomic E-state index is 13.0. The van der Waals surface area contributed by atoms with Crippen molar-refractivity contribution < 1.29 is 23.8 Å². The Morgan fingerprint density at radius 3 is 1.86 bits per heavy atom. The number of carbonyl (C=O) groups is 2. The van der Waals surface area contributed by atoms with Crippen molar-refractivity contribution in [2.75, 3.05) is 13.1 Å². The number of amides is 2. The van der Waals surface area contributed by atoms with Gasteiger partial charge in [0.1, 0.15) is 28.6 Å². The zero-order chi connectivity index (χ0) is 39.6. The number of aromatic amines is 2. The number of likely N-dealkylation sites (tertiary alicyclic amines) is 2. The van der Waals surface area contributed by atoms with Gasteiger partial charge in [-0.15, -0.1) is 0 Å². The number of rotatable bonds is 5. The Kier molecular flexibility index (Phi) is 8.90. The number of fused-ring (bicyclic) bond motifs is 5. The number of H-pyrrole nitrogens is 2. The Morgan fingerprint density at radius 1 is 0.719 bits per heavy atom. The minimum absolute atomic E-state index is 0.160. The average molecular weight is 768 g/mol. The summed E-state index contributed by atoms with van der Waals surface area (Å²) in [5.41, 5.74) is 6.67. The standard InChI is InChI=1S/C45H49N7O5/c1-44(2,3)56-42(53)50-20-10-14-35(50)39-46-25-32(48-39)28-17-19-34-30(22-28)23-37-31-18-16-29(24-38(31)55-41(52(34)37)27-12-8-7-9-13-27)33-26-47-40(49-33)36-15-11-21-51(36)43(54)57-45(4,5)6/h7-9,12-13,16-19,22-26,35-36,41H,10-11,14-15,20-21H2,1-6H3,(H,46,48)(H,47,49)/t35-,36?,41?/m0/s1. The highest BCUT2D eigenvalue weighted by atomic mass is 16.6. The Labute approximate surface area is 332 Å². The molecule has 6 aromatic rings. The van der Waals surface area contributed by atoms with Gasteiger partial charge in [0.15, 0.2) is 0 Å². The first-order valence-electron chi connectivity index (χ1n) is 19.9. The van der Waals surface area contributed by atoms with Gasteiger partial charge in [-0.25, -0.2) is 19.6 Å². The van der Waals surface area contributed by atoms with E-state index in [2.05, 4.69) is 69.1 Å². The molecule has 12 heteroatoms. The summed E-state index contributed by atoms with van der Waals surface area (Å²) in [7, 11) is 0. The van der Waals surface area contributed by atoms with Gasteiger partial charge in [0.2, 0.25) is 6.23 Å². The molecule has 294 valence electrons. The van der Waals surface area contributed by atoms with Crippen molar-refractivity contribution in [1.82, 2.24) is 34.3 Å². The molecule has 0 saturated carbocycles. The Bertz CT molecular complexity index is 2470. The number of hydrogen-bond donors (Lipinski definition) is 2. The quantitative estimate of drug-likeness (QED) is 0.179. The van der Waals surface area contributed by atoms with Crippen LogP contribution in [-0.4, -0.2) is 70.8 Å². The van der Waals surface area contributed by atoms with Crippen LogP contribution in [0.15, 0.2) is 85.2 Å². The summed E-state index contributed by atoms with van der Waals surface area (Å²) < 4.78 is 20.6. The molecule has 2 N–H and O–H groups in total. The molecule has 0 spiro atoms. The van der Waals surface area contributed by atoms with E-state index in [-0.39, 0.29) is 24.3 Å². The molecule has 2 amide bonds. The number of carbonyl (C=O) groups excluding carboxylic acids is 2. The molecule has 2 saturated heterocycles. The highest BCUT2D eigenvalue weighted by Crippen LogP contribution is 2.46. The number of ether oxygens (including phenoxy) is 3. The molecular weight excluding hydrogens is 719 g/mol. The predicted molar refractivity (Wildman–Crippen MR) is 218 cm³/mol. The third-order valence-corrected chi connectivity index (χ3v) is 10.9. The lowest BCUT2D eigenvalue weighted by molar-refractivity contribution is 0.0208. The molecule has 3 aliphatic rings. The van der Waals surface area contributed by atoms with Crippen LogP contribution in [0, 0.1) is 0 Å². The highest BCUT2D eigenvalue weighted by molar-refractivity contribution is 5.92. The number of hydrogen-bond acceptors (Lipinski definition) is 7. The van der Waals surface area contributed by atoms with Crippen LogP contribution in [0.5, 0.6) is 5.75 Å². The average Bonchev–Trinajstić information content (AvgIpc) is 4.01. The molecule has 0 radical (unpaired) electrons. The topological polar surface area (TPSA) is 131 Å². The van der Waals surface area contributed by atoms with E-state index in [4.69, 9.17) is 24.2 Å². The molecular formula is C45H49N7O5. The van der Waals surface area contributed by atoms with Crippen LogP contribution in [-0.2, 0) is 9.47 Å². The zero-order valence-electron chi connectivity index (χ0n) is 33.3. The lowest BCUT2D eigenvalue weighted by Crippen LogP contribution is -2.36. The maximum Gasteiger partial charge on any atom is 0.410 e. The second kappa shape index (κ2) is 13.9. The normalized spacial score (nSPS) is 19.4. The summed E-state index contributed by atoms with van der Waals surface area (Å²) in [6.07, 6.45) is 6.10. The van der Waals surface area contributed by atoms with Crippen LogP contribution < -0.4 is 4.74 Å². The second-order valence-electron chi connectivity index (χ2n) is 17.3. The monoisotopic (exact) mass is 767 g/mol. The summed E-state index contributed by atoms with van der Waals surface area (Å²) in [6, 6.07) is 24.9. The van der Waals surface area contributed by atoms with E-state index in [1.807, 2.05) is 72.1 Å². The molecule has 57 heavy (non-hydrogen) atoms. The van der Waals surface area contributed by atoms with E-state index in [1.54, 1.807) is 9.80 Å². The summed E-state index contributed by atoms with van der Waals surface area (Å²) in [5.74, 6) is 2.28. The minimum atomic E-state index is -0.569. The first-order valence-corrected chi connectivity index (χ1v) is 19.9. The van der Waals surface area contributed by atoms with Crippen LogP contribution in [0.2, 0.25) is 0 Å². The van der Waals surface area contributed by atoms with Crippen molar-refractivity contribution in [3.63, 3.8) is 0 Å². The van der Waals surface area contributed by atoms with Gasteiger partial charge in [-0.2, -0.15) is 0 Å². The summed E-state index contributed by atoms with van der Waals surface area (Å²) in [4.78, 5) is 46.1. The van der Waals surface area contributed by atoms with Crippen molar-refractivity contribution in [2.45, 2.75) is 96.7 Å². The number of nitrogens with zero attached hydrogens (tertiary/aromatic N) is 5. The van der Waals surface area contributed by atoms with Crippen LogP contribution in [0.4, 0.5) is 9.59 Å². The fourth-order valence-corrected chi connectivity index (χ4v) is 8.36. The van der Waals surface area contributed by atoms with Crippen LogP contribution in [0.25, 0.3) is 44.7 Å². The highest BCUT2D eigenvalue weighted by Gasteiger charge is 2.37. The second-order valence-corrected chi connectivity index (χ2v) is 17.3. The van der Waals surface area contributed by atoms with Crippen molar-refractivity contribution in [2.24, 2.45) is 0 Å². The zero-order valence-corrected chi connectivity index (χ0v) is 33.3. The maximum atomic E-state index is 13.0. The lowest BCUT2D eigenvalue weighted by atomic mass is 10.0. The van der Waals surface area contributed by atoms with Crippen LogP contribution in [0.3, 0.4) is 0 Å². The van der Waals surface area contributed by atoms with Gasteiger partial charge in [0, 0.05) is 40.7 Å². The molecule has 0 bridgehead atoms. The van der Waals surface area contributed by atoms with Crippen LogP contribution >= 0.6 is 0 Å². The Morgan fingerprint density at radius 2 is 1.28 bits per heavy atom. The van der Waals surface area contributed by atoms with Crippen molar-refractivity contribution in [3.8, 4) is 39.5 Å². The molecule has 0 aliphatic carbocycles. The lowest BCUT2D eigenvalue weighted by Gasteiger charge is -2.30. The molecule has 9 rings (SSSR count). The Balaban J connectivity index is 1.03. The predicted octanol–water partition coefficient (Wildman–Crippen LogP) is 10.2. The summed E-state index contributed by atoms with van der Waals surface area (Å²) >= 11 is 0. The third-order valence-electron chi connectivity index (χ3n) is 10.9. The Hall–Kier alpha value is -6.04. The number of aromatic nitrogens is 5. The fraction of sp³-hybridized carbons (Fsp3) is 0.378. The van der Waals surface area contributed by atoms with E-state index in [1.165, 1.54) is 0 Å². The van der Waals surface area contributed by atoms with Gasteiger partial charge in [0.05, 0.1) is 47.1 Å². The summed E-state index contributed by atoms with van der Waals surface area (Å²) in [5, 5.41) is 1.07. The van der Waals surface area contributed by atoms with E-state index in [0.717, 1.165) is 93.3 Å². The molecule has 3 aliphatic heterocycles. The molecule has 3 aromatic heterocycles. The van der Waals surface area contributed by atoms with Gasteiger partial charge in [-0.3, -0.25) is 9.80 Å². The smallest absolute Gasteiger partial charge is 0.410 e. The van der Waals surface area contributed by atoms with Crippen LogP contribution in [0.1, 0.15) is 103 Å². The fourth-order valence-electron chi connectivity index (χ4n) is 8.36. The summed E-state index contributed by atoms with van der Waals surface area (Å²) in [6.45, 7) is 12.6. The van der Waals surface area contributed by atoms with Crippen molar-refractivity contribution in [1.29, 1.82) is 0 Å². The molecule has 12 nitrogen and oxygen atoms in total. The van der Waals surface area contributed by atoms with E-state index < -0.39 is 17.4 Å². The molecule has 2 fully saturated rings. The van der Waals surface area contributed by atoms with Gasteiger partial charge in [-0.1, -0.05) is 42.5 Å². The van der Waals surface area contributed by atoms with Gasteiger partial charge < -0.3 is 28.7 Å². The molecule has 2 unspecified atom stereocenters. The van der Waals surface area contributed by atoms with E-state index in [9.17, 15) is 9.59 Å². The molecule has 6 heterocycles. The molecule has 3 atom stereocenters. The van der Waals surface area contributed by atoms with Gasteiger partial charge in [0.25, 0.3) is 0 Å². The first-order chi connectivity index (χ1) is 27.3. The van der Waals surface area contributed by atoms with E-state index >= 15 is 0 Å². The number of nitrogens with one attached hydrogen (secondary N) is 2. The number of benzene rings is 3. The molecule has 3 aromatic carbocycles. The van der Waals surface area contributed by atoms with Gasteiger partial charge >= 0.3 is 12.2 Å². The SMILES string of the molecule is CC(C)(C)OC(=O)N1CCCC1c1ncc(-c2ccc3c(c2)OC(c2ccccc2)n2c-3cc3cc(-c4cnc([C@@H]5CCCN5C(=O)OC(C)(C)C)[nH]4)ccc32)[nH]1. The third kappa shape index (κ3) is 7.02.